The molecule has 1 fully saturated rings. The minimum Gasteiger partial charge on any atom is -0.435 e. The number of fused-ring (bicyclic) bond motifs is 3. The fourth-order valence-electron chi connectivity index (χ4n) is 3.85. The summed E-state index contributed by atoms with van der Waals surface area (Å²) in [6.07, 6.45) is 0.728. The van der Waals surface area contributed by atoms with Gasteiger partial charge in [0.15, 0.2) is 0 Å². The number of carbonyl (C=O) groups is 1. The van der Waals surface area contributed by atoms with E-state index < -0.39 is 6.61 Å². The summed E-state index contributed by atoms with van der Waals surface area (Å²) in [6.45, 7) is 1.75. The Morgan fingerprint density at radius 2 is 1.88 bits per heavy atom. The number of carbonyl (C=O) groups excluding carboxylic acids is 1. The molecule has 3 nitrogen and oxygen atoms in total. The Bertz CT molecular complexity index is 812. The summed E-state index contributed by atoms with van der Waals surface area (Å²) in [7, 11) is 0. The molecule has 0 aliphatic carbocycles. The molecule has 26 heavy (non-hydrogen) atoms. The molecule has 2 heterocycles. The molecule has 2 aromatic carbocycles. The van der Waals surface area contributed by atoms with E-state index in [-0.39, 0.29) is 23.6 Å². The van der Waals surface area contributed by atoms with E-state index in [1.807, 2.05) is 49.1 Å². The van der Waals surface area contributed by atoms with Gasteiger partial charge in [0.1, 0.15) is 5.75 Å². The van der Waals surface area contributed by atoms with E-state index in [1.54, 1.807) is 12.1 Å². The monoisotopic (exact) mass is 423 g/mol. The summed E-state index contributed by atoms with van der Waals surface area (Å²) in [5.41, 5.74) is 2.37. The van der Waals surface area contributed by atoms with Crippen molar-refractivity contribution in [3.63, 3.8) is 0 Å². The largest absolute Gasteiger partial charge is 0.435 e. The van der Waals surface area contributed by atoms with Crippen molar-refractivity contribution in [2.75, 3.05) is 6.54 Å². The molecule has 0 bridgehead atoms. The molecule has 0 aromatic heterocycles. The molecule has 2 unspecified atom stereocenters. The third kappa shape index (κ3) is 3.22. The van der Waals surface area contributed by atoms with Crippen LogP contribution in [-0.2, 0) is 0 Å². The zero-order valence-electron chi connectivity index (χ0n) is 14.6. The number of hydrogen-bond donors (Lipinski definition) is 0. The molecule has 4 rings (SSSR count). The van der Waals surface area contributed by atoms with Gasteiger partial charge < -0.3 is 9.64 Å². The molecular weight excluding hydrogens is 404 g/mol. The zero-order chi connectivity index (χ0) is 18.8. The topological polar surface area (TPSA) is 29.5 Å². The molecule has 2 aromatic rings. The van der Waals surface area contributed by atoms with Crippen LogP contribution < -0.4 is 4.74 Å². The van der Waals surface area contributed by atoms with E-state index in [0.29, 0.717) is 12.1 Å². The van der Waals surface area contributed by atoms with Gasteiger partial charge in [-0.15, -0.1) is 0 Å². The molecule has 0 spiro atoms. The summed E-state index contributed by atoms with van der Waals surface area (Å²) >= 11 is 3.45. The Hall–Kier alpha value is -1.95. The minimum absolute atomic E-state index is 0.0114. The van der Waals surface area contributed by atoms with Crippen molar-refractivity contribution in [3.8, 4) is 5.75 Å². The number of nitrogens with zero attached hydrogens (tertiary/aromatic N) is 1. The Balaban J connectivity index is 0.000000948. The van der Waals surface area contributed by atoms with Gasteiger partial charge in [-0.05, 0) is 41.8 Å². The number of halogens is 3. The minimum atomic E-state index is -2.87. The van der Waals surface area contributed by atoms with Crippen molar-refractivity contribution < 1.29 is 18.3 Å². The van der Waals surface area contributed by atoms with Gasteiger partial charge in [-0.3, -0.25) is 4.79 Å². The first kappa shape index (κ1) is 18.8. The average Bonchev–Trinajstić information content (AvgIpc) is 3.17. The summed E-state index contributed by atoms with van der Waals surface area (Å²) in [6, 6.07) is 12.3. The lowest BCUT2D eigenvalue weighted by Crippen LogP contribution is -2.23. The Kier molecular flexibility index (Phi) is 5.61. The molecule has 1 saturated heterocycles. The first-order chi connectivity index (χ1) is 12.6. The van der Waals surface area contributed by atoms with Crippen LogP contribution in [0.3, 0.4) is 0 Å². The first-order valence-corrected chi connectivity index (χ1v) is 9.49. The van der Waals surface area contributed by atoms with Crippen LogP contribution in [0.1, 0.15) is 53.7 Å². The van der Waals surface area contributed by atoms with Gasteiger partial charge in [-0.2, -0.15) is 8.78 Å². The molecule has 2 aliphatic rings. The lowest BCUT2D eigenvalue weighted by molar-refractivity contribution is -0.0507. The molecule has 138 valence electrons. The van der Waals surface area contributed by atoms with E-state index in [9.17, 15) is 13.6 Å². The van der Waals surface area contributed by atoms with Gasteiger partial charge in [-0.25, -0.2) is 0 Å². The smallest absolute Gasteiger partial charge is 0.387 e. The van der Waals surface area contributed by atoms with Crippen LogP contribution in [0.25, 0.3) is 0 Å². The molecule has 0 N–H and O–H groups in total. The van der Waals surface area contributed by atoms with Crippen LogP contribution in [0, 0.1) is 0 Å². The molecule has 2 atom stereocenters. The molecular formula is C20H20BrF2NO2. The van der Waals surface area contributed by atoms with Crippen molar-refractivity contribution in [3.05, 3.63) is 63.6 Å². The predicted octanol–water partition coefficient (Wildman–Crippen LogP) is 5.76. The van der Waals surface area contributed by atoms with E-state index in [4.69, 9.17) is 4.74 Å². The number of benzene rings is 2. The standard InChI is InChI=1S/C18H14BrF2NO2.C2H6/c19-10-5-6-13-14(9-10)16-12(7-8-22(16)17(13)23)11-3-1-2-4-15(11)24-18(20)21;1-2/h1-6,9,12,16,18H,7-8H2;1-2H3. The summed E-state index contributed by atoms with van der Waals surface area (Å²) in [4.78, 5) is 14.4. The van der Waals surface area contributed by atoms with Crippen molar-refractivity contribution in [2.24, 2.45) is 0 Å². The Labute approximate surface area is 160 Å². The van der Waals surface area contributed by atoms with Crippen LogP contribution in [0.15, 0.2) is 46.9 Å². The molecule has 0 radical (unpaired) electrons. The number of alkyl halides is 2. The third-order valence-corrected chi connectivity index (χ3v) is 5.25. The second-order valence-corrected chi connectivity index (χ2v) is 6.90. The second-order valence-electron chi connectivity index (χ2n) is 5.99. The van der Waals surface area contributed by atoms with E-state index in [2.05, 4.69) is 15.9 Å². The van der Waals surface area contributed by atoms with Gasteiger partial charge in [0.2, 0.25) is 0 Å². The quantitative estimate of drug-likeness (QED) is 0.627. The fraction of sp³-hybridized carbons (Fsp3) is 0.350. The van der Waals surface area contributed by atoms with Gasteiger partial charge in [0.25, 0.3) is 5.91 Å². The predicted molar refractivity (Wildman–Crippen MR) is 99.7 cm³/mol. The van der Waals surface area contributed by atoms with Crippen molar-refractivity contribution in [1.82, 2.24) is 4.90 Å². The Morgan fingerprint density at radius 3 is 2.62 bits per heavy atom. The summed E-state index contributed by atoms with van der Waals surface area (Å²) in [5, 5.41) is 0. The highest BCUT2D eigenvalue weighted by atomic mass is 79.9. The van der Waals surface area contributed by atoms with Crippen LogP contribution in [0.4, 0.5) is 8.78 Å². The third-order valence-electron chi connectivity index (χ3n) is 4.76. The maximum atomic E-state index is 12.7. The maximum absolute atomic E-state index is 12.7. The van der Waals surface area contributed by atoms with Crippen LogP contribution >= 0.6 is 15.9 Å². The van der Waals surface area contributed by atoms with E-state index >= 15 is 0 Å². The van der Waals surface area contributed by atoms with Gasteiger partial charge in [0, 0.05) is 22.5 Å². The molecule has 6 heteroatoms. The van der Waals surface area contributed by atoms with Crippen LogP contribution in [0.2, 0.25) is 0 Å². The number of amides is 1. The number of hydrogen-bond acceptors (Lipinski definition) is 2. The lowest BCUT2D eigenvalue weighted by atomic mass is 9.87. The van der Waals surface area contributed by atoms with E-state index in [1.165, 1.54) is 0 Å². The highest BCUT2D eigenvalue weighted by molar-refractivity contribution is 9.10. The normalized spacial score (nSPS) is 20.5. The van der Waals surface area contributed by atoms with Crippen molar-refractivity contribution >= 4 is 21.8 Å². The lowest BCUT2D eigenvalue weighted by Gasteiger charge is -2.23. The summed E-state index contributed by atoms with van der Waals surface area (Å²) in [5.74, 6) is 0.145. The van der Waals surface area contributed by atoms with Gasteiger partial charge >= 0.3 is 6.61 Å². The second kappa shape index (κ2) is 7.74. The molecule has 2 aliphatic heterocycles. The zero-order valence-corrected chi connectivity index (χ0v) is 16.2. The summed E-state index contributed by atoms with van der Waals surface area (Å²) < 4.78 is 31.0. The number of ether oxygens (including phenoxy) is 1. The average molecular weight is 424 g/mol. The molecule has 0 saturated carbocycles. The van der Waals surface area contributed by atoms with Gasteiger partial charge in [0.05, 0.1) is 6.04 Å². The maximum Gasteiger partial charge on any atom is 0.387 e. The molecule has 1 amide bonds. The van der Waals surface area contributed by atoms with Crippen LogP contribution in [0.5, 0.6) is 5.75 Å². The highest BCUT2D eigenvalue weighted by Crippen LogP contribution is 2.51. The Morgan fingerprint density at radius 1 is 1.15 bits per heavy atom. The number of para-hydroxylation sites is 1. The highest BCUT2D eigenvalue weighted by Gasteiger charge is 2.46. The van der Waals surface area contributed by atoms with Crippen LogP contribution in [-0.4, -0.2) is 24.0 Å². The van der Waals surface area contributed by atoms with Crippen molar-refractivity contribution in [2.45, 2.75) is 38.8 Å². The van der Waals surface area contributed by atoms with E-state index in [0.717, 1.165) is 22.0 Å². The SMILES string of the molecule is CC.O=C1c2ccc(Br)cc2C2C(c3ccccc3OC(F)F)CCN12. The van der Waals surface area contributed by atoms with Crippen molar-refractivity contribution in [1.29, 1.82) is 0 Å². The first-order valence-electron chi connectivity index (χ1n) is 8.70. The van der Waals surface area contributed by atoms with Gasteiger partial charge in [-0.1, -0.05) is 48.0 Å². The number of rotatable bonds is 3. The fourth-order valence-corrected chi connectivity index (χ4v) is 4.23.